The molecule has 3 aromatic rings. The summed E-state index contributed by atoms with van der Waals surface area (Å²) >= 11 is 0. The van der Waals surface area contributed by atoms with Gasteiger partial charge >= 0.3 is 0 Å². The predicted molar refractivity (Wildman–Crippen MR) is 120 cm³/mol. The number of benzene rings is 1. The number of guanidine groups is 1. The highest BCUT2D eigenvalue weighted by molar-refractivity contribution is 5.86. The van der Waals surface area contributed by atoms with Gasteiger partial charge in [-0.3, -0.25) is 9.67 Å². The van der Waals surface area contributed by atoms with E-state index in [1.54, 1.807) is 0 Å². The first-order valence-corrected chi connectivity index (χ1v) is 10.4. The zero-order valence-corrected chi connectivity index (χ0v) is 17.6. The second-order valence-corrected chi connectivity index (χ2v) is 7.86. The molecule has 4 rings (SSSR count). The van der Waals surface area contributed by atoms with Crippen LogP contribution in [0.5, 0.6) is 0 Å². The topological polar surface area (TPSA) is 73.3 Å². The maximum Gasteiger partial charge on any atom is 0.191 e. The number of rotatable bonds is 5. The monoisotopic (exact) mass is 393 g/mol. The van der Waals surface area contributed by atoms with E-state index in [1.807, 2.05) is 25.0 Å². The molecule has 3 heterocycles. The number of aromatic nitrogens is 3. The van der Waals surface area contributed by atoms with Crippen molar-refractivity contribution in [3.63, 3.8) is 0 Å². The lowest BCUT2D eigenvalue weighted by molar-refractivity contribution is 0.468. The van der Waals surface area contributed by atoms with E-state index in [1.165, 1.54) is 27.7 Å². The number of fused-ring (bicyclic) bond motifs is 1. The molecule has 29 heavy (non-hydrogen) atoms. The summed E-state index contributed by atoms with van der Waals surface area (Å²) in [4.78, 5) is 10.2. The number of nitrogens with zero attached hydrogens (tertiary/aromatic N) is 4. The molecule has 7 nitrogen and oxygen atoms in total. The van der Waals surface area contributed by atoms with Crippen LogP contribution in [-0.4, -0.2) is 53.4 Å². The maximum atomic E-state index is 4.43. The van der Waals surface area contributed by atoms with Crippen molar-refractivity contribution in [2.75, 3.05) is 31.6 Å². The smallest absolute Gasteiger partial charge is 0.191 e. The number of piperidine rings is 1. The van der Waals surface area contributed by atoms with Crippen molar-refractivity contribution in [1.82, 2.24) is 25.4 Å². The lowest BCUT2D eigenvalue weighted by Gasteiger charge is -2.34. The van der Waals surface area contributed by atoms with E-state index in [9.17, 15) is 0 Å². The minimum absolute atomic E-state index is 0.380. The third-order valence-corrected chi connectivity index (χ3v) is 5.74. The van der Waals surface area contributed by atoms with Crippen LogP contribution in [0, 0.1) is 6.92 Å². The zero-order chi connectivity index (χ0) is 20.2. The van der Waals surface area contributed by atoms with Crippen LogP contribution in [0.25, 0.3) is 10.9 Å². The summed E-state index contributed by atoms with van der Waals surface area (Å²) < 4.78 is 1.86. The Bertz CT molecular complexity index is 984. The molecular weight excluding hydrogens is 362 g/mol. The average Bonchev–Trinajstić information content (AvgIpc) is 3.35. The molecular formula is C22H31N7. The highest BCUT2D eigenvalue weighted by atomic mass is 15.3. The molecule has 0 bridgehead atoms. The van der Waals surface area contributed by atoms with Gasteiger partial charge in [0.2, 0.25) is 0 Å². The number of H-pyrrole nitrogens is 1. The Labute approximate surface area is 172 Å². The van der Waals surface area contributed by atoms with Gasteiger partial charge in [0.1, 0.15) is 0 Å². The summed E-state index contributed by atoms with van der Waals surface area (Å²) in [5.41, 5.74) is 5.06. The quantitative estimate of drug-likeness (QED) is 0.460. The first-order chi connectivity index (χ1) is 14.1. The number of hydrogen-bond donors (Lipinski definition) is 3. The van der Waals surface area contributed by atoms with Crippen LogP contribution in [0.4, 0.5) is 5.69 Å². The van der Waals surface area contributed by atoms with Gasteiger partial charge in [0.15, 0.2) is 5.96 Å². The molecule has 1 aromatic carbocycles. The van der Waals surface area contributed by atoms with Crippen LogP contribution < -0.4 is 15.5 Å². The number of hydrogen-bond acceptors (Lipinski definition) is 3. The lowest BCUT2D eigenvalue weighted by Crippen LogP contribution is -2.51. The van der Waals surface area contributed by atoms with E-state index in [4.69, 9.17) is 0 Å². The SMILES string of the molecule is CN=C(NCCc1c[nH]c2c(C)cccc12)NC1CCCN(c2cnn(C)c2)C1. The number of aromatic amines is 1. The third-order valence-electron chi connectivity index (χ3n) is 5.74. The molecule has 0 aliphatic carbocycles. The molecule has 0 radical (unpaired) electrons. The largest absolute Gasteiger partial charge is 0.367 e. The Morgan fingerprint density at radius 1 is 1.38 bits per heavy atom. The summed E-state index contributed by atoms with van der Waals surface area (Å²) in [5.74, 6) is 0.874. The van der Waals surface area contributed by atoms with E-state index in [0.717, 1.165) is 44.9 Å². The molecule has 1 aliphatic heterocycles. The van der Waals surface area contributed by atoms with Crippen LogP contribution in [0.1, 0.15) is 24.0 Å². The second-order valence-electron chi connectivity index (χ2n) is 7.86. The van der Waals surface area contributed by atoms with E-state index >= 15 is 0 Å². The highest BCUT2D eigenvalue weighted by Gasteiger charge is 2.21. The number of para-hydroxylation sites is 1. The van der Waals surface area contributed by atoms with Crippen LogP contribution in [0.2, 0.25) is 0 Å². The van der Waals surface area contributed by atoms with E-state index in [0.29, 0.717) is 6.04 Å². The first-order valence-electron chi connectivity index (χ1n) is 10.4. The highest BCUT2D eigenvalue weighted by Crippen LogP contribution is 2.21. The summed E-state index contributed by atoms with van der Waals surface area (Å²) in [6.45, 7) is 5.04. The van der Waals surface area contributed by atoms with Crippen molar-refractivity contribution in [3.8, 4) is 0 Å². The Balaban J connectivity index is 1.31. The minimum Gasteiger partial charge on any atom is -0.367 e. The minimum atomic E-state index is 0.380. The van der Waals surface area contributed by atoms with Crippen molar-refractivity contribution in [2.24, 2.45) is 12.0 Å². The molecule has 1 fully saturated rings. The predicted octanol–water partition coefficient (Wildman–Crippen LogP) is 2.59. The zero-order valence-electron chi connectivity index (χ0n) is 17.6. The van der Waals surface area contributed by atoms with Gasteiger partial charge in [-0.05, 0) is 37.3 Å². The van der Waals surface area contributed by atoms with Gasteiger partial charge in [-0.1, -0.05) is 18.2 Å². The number of aryl methyl sites for hydroxylation is 2. The van der Waals surface area contributed by atoms with Crippen molar-refractivity contribution >= 4 is 22.5 Å². The number of aliphatic imine (C=N–C) groups is 1. The maximum absolute atomic E-state index is 4.43. The van der Waals surface area contributed by atoms with Gasteiger partial charge in [-0.15, -0.1) is 0 Å². The summed E-state index contributed by atoms with van der Waals surface area (Å²) in [7, 11) is 3.80. The van der Waals surface area contributed by atoms with Gasteiger partial charge in [-0.2, -0.15) is 5.10 Å². The Hall–Kier alpha value is -2.96. The Morgan fingerprint density at radius 2 is 2.28 bits per heavy atom. The van der Waals surface area contributed by atoms with E-state index < -0.39 is 0 Å². The summed E-state index contributed by atoms with van der Waals surface area (Å²) in [6.07, 6.45) is 9.42. The molecule has 1 aliphatic rings. The standard InChI is InChI=1S/C22H31N7/c1-16-6-4-8-20-17(12-25-21(16)20)9-10-24-22(23-2)27-18-7-5-11-29(14-18)19-13-26-28(3)15-19/h4,6,8,12-13,15,18,25H,5,7,9-11,14H2,1-3H3,(H2,23,24,27). The Kier molecular flexibility index (Phi) is 5.74. The molecule has 3 N–H and O–H groups in total. The molecule has 0 spiro atoms. The van der Waals surface area contributed by atoms with Crippen molar-refractivity contribution in [3.05, 3.63) is 47.9 Å². The fourth-order valence-corrected chi connectivity index (χ4v) is 4.18. The van der Waals surface area contributed by atoms with Gasteiger partial charge in [0, 0.05) is 63.1 Å². The molecule has 0 saturated carbocycles. The van der Waals surface area contributed by atoms with Crippen LogP contribution >= 0.6 is 0 Å². The van der Waals surface area contributed by atoms with Crippen LogP contribution in [0.15, 0.2) is 41.8 Å². The van der Waals surface area contributed by atoms with E-state index in [2.05, 4.69) is 68.1 Å². The molecule has 1 atom stereocenters. The van der Waals surface area contributed by atoms with Crippen molar-refractivity contribution < 1.29 is 0 Å². The third kappa shape index (κ3) is 4.39. The van der Waals surface area contributed by atoms with Crippen molar-refractivity contribution in [1.29, 1.82) is 0 Å². The van der Waals surface area contributed by atoms with E-state index in [-0.39, 0.29) is 0 Å². The average molecular weight is 394 g/mol. The fourth-order valence-electron chi connectivity index (χ4n) is 4.18. The normalized spacial score (nSPS) is 17.7. The number of anilines is 1. The molecule has 1 unspecified atom stereocenters. The molecule has 154 valence electrons. The number of nitrogens with one attached hydrogen (secondary N) is 3. The Morgan fingerprint density at radius 3 is 3.07 bits per heavy atom. The summed E-state index contributed by atoms with van der Waals surface area (Å²) in [6, 6.07) is 6.84. The van der Waals surface area contributed by atoms with Gasteiger partial charge in [-0.25, -0.2) is 0 Å². The fraction of sp³-hybridized carbons (Fsp3) is 0.455. The van der Waals surface area contributed by atoms with Crippen molar-refractivity contribution in [2.45, 2.75) is 32.2 Å². The molecule has 1 saturated heterocycles. The first kappa shape index (κ1) is 19.4. The summed E-state index contributed by atoms with van der Waals surface area (Å²) in [5, 5.41) is 12.7. The lowest BCUT2D eigenvalue weighted by atomic mass is 10.1. The van der Waals surface area contributed by atoms with Gasteiger partial charge in [0.25, 0.3) is 0 Å². The molecule has 7 heteroatoms. The molecule has 2 aromatic heterocycles. The van der Waals surface area contributed by atoms with Gasteiger partial charge in [0.05, 0.1) is 11.9 Å². The second kappa shape index (κ2) is 8.59. The molecule has 0 amide bonds. The van der Waals surface area contributed by atoms with Gasteiger partial charge < -0.3 is 20.5 Å². The van der Waals surface area contributed by atoms with Crippen LogP contribution in [0.3, 0.4) is 0 Å². The van der Waals surface area contributed by atoms with Crippen LogP contribution in [-0.2, 0) is 13.5 Å².